The molecule has 37 heavy (non-hydrogen) atoms. The van der Waals surface area contributed by atoms with Crippen LogP contribution in [0.4, 0.5) is 5.82 Å². The molecule has 0 unspecified atom stereocenters. The number of furan rings is 1. The lowest BCUT2D eigenvalue weighted by Gasteiger charge is -2.31. The molecule has 0 aliphatic carbocycles. The first-order valence-corrected chi connectivity index (χ1v) is 13.1. The van der Waals surface area contributed by atoms with E-state index >= 15 is 0 Å². The maximum atomic E-state index is 6.33. The monoisotopic (exact) mass is 496 g/mol. The van der Waals surface area contributed by atoms with Crippen LogP contribution in [0, 0.1) is 0 Å². The fourth-order valence-electron chi connectivity index (χ4n) is 6.12. The molecule has 0 radical (unpaired) electrons. The van der Waals surface area contributed by atoms with Crippen LogP contribution in [0.2, 0.25) is 0 Å². The fraction of sp³-hybridized carbons (Fsp3) is 0.393. The van der Waals surface area contributed by atoms with E-state index in [9.17, 15) is 0 Å². The van der Waals surface area contributed by atoms with Crippen LogP contribution in [0.25, 0.3) is 44.5 Å². The van der Waals surface area contributed by atoms with Gasteiger partial charge in [-0.15, -0.1) is 0 Å². The van der Waals surface area contributed by atoms with Crippen molar-refractivity contribution in [2.24, 2.45) is 0 Å². The number of aromatic amines is 1. The second-order valence-electron chi connectivity index (χ2n) is 10.3. The van der Waals surface area contributed by atoms with Crippen molar-refractivity contribution in [2.75, 3.05) is 44.3 Å². The Balaban J connectivity index is 1.27. The number of likely N-dealkylation sites (tertiary alicyclic amines) is 1. The molecule has 3 fully saturated rings. The molecule has 9 heteroatoms. The van der Waals surface area contributed by atoms with E-state index in [0.717, 1.165) is 71.5 Å². The van der Waals surface area contributed by atoms with E-state index in [4.69, 9.17) is 28.8 Å². The smallest absolute Gasteiger partial charge is 0.229 e. The molecule has 8 rings (SSSR count). The summed E-state index contributed by atoms with van der Waals surface area (Å²) in [6.07, 6.45) is 6.97. The van der Waals surface area contributed by atoms with Crippen molar-refractivity contribution < 1.29 is 13.9 Å². The number of H-pyrrole nitrogens is 1. The highest BCUT2D eigenvalue weighted by atomic mass is 16.5. The van der Waals surface area contributed by atoms with Gasteiger partial charge in [0.2, 0.25) is 5.71 Å². The summed E-state index contributed by atoms with van der Waals surface area (Å²) in [4.78, 5) is 22.9. The Hall–Kier alpha value is -3.53. The second-order valence-corrected chi connectivity index (χ2v) is 10.3. The van der Waals surface area contributed by atoms with E-state index in [2.05, 4.69) is 39.0 Å². The van der Waals surface area contributed by atoms with Crippen molar-refractivity contribution in [1.29, 1.82) is 0 Å². The van der Waals surface area contributed by atoms with Gasteiger partial charge in [-0.2, -0.15) is 0 Å². The van der Waals surface area contributed by atoms with Gasteiger partial charge in [-0.05, 0) is 36.6 Å². The lowest BCUT2D eigenvalue weighted by atomic mass is 10.1. The number of nitrogens with one attached hydrogen (secondary N) is 1. The van der Waals surface area contributed by atoms with Crippen molar-refractivity contribution >= 4 is 38.9 Å². The first kappa shape index (κ1) is 21.5. The highest BCUT2D eigenvalue weighted by Crippen LogP contribution is 2.36. The molecule has 1 N–H and O–H groups in total. The van der Waals surface area contributed by atoms with Crippen LogP contribution in [0.3, 0.4) is 0 Å². The van der Waals surface area contributed by atoms with E-state index < -0.39 is 0 Å². The molecular weight excluding hydrogens is 468 g/mol. The quantitative estimate of drug-likeness (QED) is 0.397. The number of hydrogen-bond donors (Lipinski definition) is 1. The molecule has 3 saturated heterocycles. The third-order valence-corrected chi connectivity index (χ3v) is 7.88. The predicted octanol–water partition coefficient (Wildman–Crippen LogP) is 4.12. The first-order valence-electron chi connectivity index (χ1n) is 13.1. The average Bonchev–Trinajstić information content (AvgIpc) is 3.65. The van der Waals surface area contributed by atoms with Crippen LogP contribution in [-0.2, 0) is 16.0 Å². The summed E-state index contributed by atoms with van der Waals surface area (Å²) in [5, 5.41) is 2.03. The number of anilines is 1. The summed E-state index contributed by atoms with van der Waals surface area (Å²) in [6, 6.07) is 10.5. The number of pyridine rings is 1. The normalized spacial score (nSPS) is 22.5. The van der Waals surface area contributed by atoms with Crippen molar-refractivity contribution in [2.45, 2.75) is 31.6 Å². The van der Waals surface area contributed by atoms with Crippen LogP contribution >= 0.6 is 0 Å². The van der Waals surface area contributed by atoms with Gasteiger partial charge in [-0.25, -0.2) is 15.0 Å². The summed E-state index contributed by atoms with van der Waals surface area (Å²) in [6.45, 7) is 5.66. The summed E-state index contributed by atoms with van der Waals surface area (Å²) < 4.78 is 18.0. The SMILES string of the molecule is c1cc(-c2nc(N3CCOCC3)c3oc4ncc(CN5C[C@H]6CC[C@@H](C5)O6)cc4c3n2)c2cc[nH]c2c1. The maximum absolute atomic E-state index is 6.33. The van der Waals surface area contributed by atoms with Crippen molar-refractivity contribution in [3.63, 3.8) is 0 Å². The molecule has 188 valence electrons. The van der Waals surface area contributed by atoms with E-state index in [-0.39, 0.29) is 0 Å². The molecular formula is C28H28N6O3. The highest BCUT2D eigenvalue weighted by molar-refractivity contribution is 6.06. The van der Waals surface area contributed by atoms with E-state index in [1.165, 1.54) is 12.8 Å². The lowest BCUT2D eigenvalue weighted by molar-refractivity contribution is -0.0410. The zero-order valence-corrected chi connectivity index (χ0v) is 20.5. The average molecular weight is 497 g/mol. The zero-order valence-electron chi connectivity index (χ0n) is 20.5. The minimum Gasteiger partial charge on any atom is -0.432 e. The van der Waals surface area contributed by atoms with Gasteiger partial charge in [0.1, 0.15) is 5.52 Å². The van der Waals surface area contributed by atoms with Gasteiger partial charge in [-0.3, -0.25) is 4.90 Å². The lowest BCUT2D eigenvalue weighted by Crippen LogP contribution is -2.41. The van der Waals surface area contributed by atoms with Gasteiger partial charge < -0.3 is 23.8 Å². The molecule has 0 saturated carbocycles. The van der Waals surface area contributed by atoms with Gasteiger partial charge in [0.15, 0.2) is 17.2 Å². The van der Waals surface area contributed by atoms with Crippen LogP contribution in [0.15, 0.2) is 47.1 Å². The molecule has 3 aliphatic rings. The molecule has 9 nitrogen and oxygen atoms in total. The van der Waals surface area contributed by atoms with Crippen LogP contribution in [0.5, 0.6) is 0 Å². The predicted molar refractivity (Wildman–Crippen MR) is 141 cm³/mol. The fourth-order valence-corrected chi connectivity index (χ4v) is 6.12. The molecule has 0 amide bonds. The molecule has 1 aromatic carbocycles. The molecule has 2 bridgehead atoms. The maximum Gasteiger partial charge on any atom is 0.229 e. The van der Waals surface area contributed by atoms with Gasteiger partial charge in [0.25, 0.3) is 0 Å². The minimum absolute atomic E-state index is 0.368. The number of morpholine rings is 2. The minimum atomic E-state index is 0.368. The topological polar surface area (TPSA) is 92.5 Å². The molecule has 3 aliphatic heterocycles. The Morgan fingerprint density at radius 3 is 2.73 bits per heavy atom. The zero-order chi connectivity index (χ0) is 24.3. The molecule has 5 aromatic rings. The summed E-state index contributed by atoms with van der Waals surface area (Å²) in [7, 11) is 0. The number of rotatable bonds is 4. The number of nitrogens with zero attached hydrogens (tertiary/aromatic N) is 5. The van der Waals surface area contributed by atoms with Crippen LogP contribution in [-0.4, -0.2) is 76.4 Å². The van der Waals surface area contributed by atoms with Crippen molar-refractivity contribution in [3.8, 4) is 11.4 Å². The standard InChI is InChI=1S/C28H28N6O3/c1-2-21(20-6-7-29-23(20)3-1)26-31-24-22-12-17(14-33-15-18-4-5-19(16-33)36-18)13-30-28(22)37-25(24)27(32-26)34-8-10-35-11-9-34/h1-3,6-7,12-13,18-19,29H,4-5,8-11,14-16H2/t18-,19+. The van der Waals surface area contributed by atoms with E-state index in [0.29, 0.717) is 42.5 Å². The van der Waals surface area contributed by atoms with E-state index in [1.54, 1.807) is 0 Å². The Morgan fingerprint density at radius 2 is 1.86 bits per heavy atom. The number of fused-ring (bicyclic) bond motifs is 6. The van der Waals surface area contributed by atoms with Crippen molar-refractivity contribution in [3.05, 3.63) is 48.3 Å². The van der Waals surface area contributed by atoms with Gasteiger partial charge in [0, 0.05) is 61.6 Å². The molecule has 2 atom stereocenters. The Kier molecular flexibility index (Phi) is 4.96. The van der Waals surface area contributed by atoms with Crippen LogP contribution in [0.1, 0.15) is 18.4 Å². The molecule has 0 spiro atoms. The number of ether oxygens (including phenoxy) is 2. The summed E-state index contributed by atoms with van der Waals surface area (Å²) in [5.41, 5.74) is 5.33. The van der Waals surface area contributed by atoms with Gasteiger partial charge >= 0.3 is 0 Å². The Labute approximate surface area is 213 Å². The third-order valence-electron chi connectivity index (χ3n) is 7.88. The Morgan fingerprint density at radius 1 is 1.00 bits per heavy atom. The summed E-state index contributed by atoms with van der Waals surface area (Å²) in [5.74, 6) is 1.50. The largest absolute Gasteiger partial charge is 0.432 e. The highest BCUT2D eigenvalue weighted by Gasteiger charge is 2.33. The first-order chi connectivity index (χ1) is 18.3. The number of benzene rings is 1. The van der Waals surface area contributed by atoms with Gasteiger partial charge in [-0.1, -0.05) is 12.1 Å². The Bertz CT molecular complexity index is 1610. The molecule has 7 heterocycles. The summed E-state index contributed by atoms with van der Waals surface area (Å²) >= 11 is 0. The number of aromatic nitrogens is 4. The molecule has 4 aromatic heterocycles. The number of hydrogen-bond acceptors (Lipinski definition) is 8. The van der Waals surface area contributed by atoms with E-state index in [1.807, 2.05) is 18.5 Å². The second kappa shape index (κ2) is 8.51. The third kappa shape index (κ3) is 3.68. The van der Waals surface area contributed by atoms with Gasteiger partial charge in [0.05, 0.1) is 30.8 Å². The van der Waals surface area contributed by atoms with Crippen molar-refractivity contribution in [1.82, 2.24) is 24.8 Å². The van der Waals surface area contributed by atoms with Crippen LogP contribution < -0.4 is 4.90 Å².